The second-order valence-electron chi connectivity index (χ2n) is 5.69. The van der Waals surface area contributed by atoms with Gasteiger partial charge in [0, 0.05) is 24.7 Å². The Balaban J connectivity index is 2.23. The Bertz CT molecular complexity index is 511. The molecule has 0 radical (unpaired) electrons. The first-order valence-electron chi connectivity index (χ1n) is 6.84. The predicted molar refractivity (Wildman–Crippen MR) is 74.1 cm³/mol. The second-order valence-corrected chi connectivity index (χ2v) is 6.05. The molecule has 1 N–H and O–H groups in total. The first-order valence-corrected chi connectivity index (χ1v) is 7.22. The van der Waals surface area contributed by atoms with Crippen LogP contribution in [0, 0.1) is 0 Å². The molecule has 21 heavy (non-hydrogen) atoms. The summed E-state index contributed by atoms with van der Waals surface area (Å²) in [7, 11) is 0. The Morgan fingerprint density at radius 3 is 2.29 bits per heavy atom. The number of hydrogen-bond donors (Lipinski definition) is 1. The van der Waals surface area contributed by atoms with Crippen LogP contribution in [0.4, 0.5) is 13.2 Å². The molecule has 0 bridgehead atoms. The highest BCUT2D eigenvalue weighted by molar-refractivity contribution is 6.30. The largest absolute Gasteiger partial charge is 0.433 e. The zero-order valence-corrected chi connectivity index (χ0v) is 12.7. The van der Waals surface area contributed by atoms with Gasteiger partial charge in [-0.3, -0.25) is 0 Å². The van der Waals surface area contributed by atoms with Crippen LogP contribution in [0.2, 0.25) is 5.15 Å². The molecule has 1 aliphatic rings. The van der Waals surface area contributed by atoms with Gasteiger partial charge in [-0.2, -0.15) is 13.2 Å². The van der Waals surface area contributed by atoms with Gasteiger partial charge in [0.05, 0.1) is 5.60 Å². The van der Waals surface area contributed by atoms with E-state index in [-0.39, 0.29) is 10.7 Å². The lowest BCUT2D eigenvalue weighted by Crippen LogP contribution is -2.45. The van der Waals surface area contributed by atoms with Crippen LogP contribution in [0.15, 0.2) is 12.1 Å². The maximum absolute atomic E-state index is 12.6. The minimum Gasteiger partial charge on any atom is -0.385 e. The molecule has 0 unspecified atom stereocenters. The van der Waals surface area contributed by atoms with Crippen molar-refractivity contribution in [1.82, 2.24) is 9.88 Å². The van der Waals surface area contributed by atoms with Crippen molar-refractivity contribution >= 4 is 11.6 Å². The highest BCUT2D eigenvalue weighted by atomic mass is 35.5. The van der Waals surface area contributed by atoms with E-state index >= 15 is 0 Å². The van der Waals surface area contributed by atoms with Crippen LogP contribution in [0.1, 0.15) is 37.9 Å². The Labute approximate surface area is 126 Å². The normalized spacial score (nSPS) is 20.0. The van der Waals surface area contributed by atoms with Gasteiger partial charge in [0.1, 0.15) is 10.8 Å². The van der Waals surface area contributed by atoms with Crippen molar-refractivity contribution in [3.05, 3.63) is 28.5 Å². The summed E-state index contributed by atoms with van der Waals surface area (Å²) >= 11 is 5.87. The van der Waals surface area contributed by atoms with Crippen molar-refractivity contribution in [2.24, 2.45) is 0 Å². The molecule has 1 aliphatic heterocycles. The SMILES string of the molecule is CC(C)N1CCC(O)(c2ccc(C(F)(F)F)nc2Cl)CC1. The van der Waals surface area contributed by atoms with Crippen LogP contribution in [0.3, 0.4) is 0 Å². The number of hydrogen-bond acceptors (Lipinski definition) is 3. The number of nitrogens with zero attached hydrogens (tertiary/aromatic N) is 2. The maximum atomic E-state index is 12.6. The average Bonchev–Trinajstić information content (AvgIpc) is 2.37. The Morgan fingerprint density at radius 2 is 1.86 bits per heavy atom. The third kappa shape index (κ3) is 3.49. The molecule has 0 aromatic carbocycles. The summed E-state index contributed by atoms with van der Waals surface area (Å²) in [5.41, 5.74) is -1.97. The van der Waals surface area contributed by atoms with E-state index in [1.165, 1.54) is 6.07 Å². The number of rotatable bonds is 2. The topological polar surface area (TPSA) is 36.4 Å². The lowest BCUT2D eigenvalue weighted by Gasteiger charge is -2.40. The van der Waals surface area contributed by atoms with Crippen molar-refractivity contribution in [3.8, 4) is 0 Å². The average molecular weight is 323 g/mol. The summed E-state index contributed by atoms with van der Waals surface area (Å²) in [5, 5.41) is 10.4. The number of halogens is 4. The van der Waals surface area contributed by atoms with Crippen LogP contribution in [-0.4, -0.2) is 34.1 Å². The lowest BCUT2D eigenvalue weighted by atomic mass is 9.85. The van der Waals surface area contributed by atoms with Crippen molar-refractivity contribution in [1.29, 1.82) is 0 Å². The van der Waals surface area contributed by atoms with Gasteiger partial charge in [0.25, 0.3) is 0 Å². The van der Waals surface area contributed by atoms with Crippen molar-refractivity contribution in [2.75, 3.05) is 13.1 Å². The maximum Gasteiger partial charge on any atom is 0.433 e. The van der Waals surface area contributed by atoms with Crippen LogP contribution >= 0.6 is 11.6 Å². The highest BCUT2D eigenvalue weighted by Crippen LogP contribution is 2.38. The molecular formula is C14H18ClF3N2O. The van der Waals surface area contributed by atoms with Gasteiger partial charge >= 0.3 is 6.18 Å². The number of aliphatic hydroxyl groups is 1. The predicted octanol–water partition coefficient (Wildman–Crippen LogP) is 3.45. The van der Waals surface area contributed by atoms with E-state index in [0.29, 0.717) is 32.0 Å². The first kappa shape index (κ1) is 16.5. The van der Waals surface area contributed by atoms with E-state index in [1.807, 2.05) is 0 Å². The summed E-state index contributed by atoms with van der Waals surface area (Å²) in [5.74, 6) is 0. The molecule has 2 heterocycles. The molecule has 0 amide bonds. The van der Waals surface area contributed by atoms with Crippen molar-refractivity contribution in [2.45, 2.75) is 44.5 Å². The quantitative estimate of drug-likeness (QED) is 0.847. The van der Waals surface area contributed by atoms with Crippen molar-refractivity contribution in [3.63, 3.8) is 0 Å². The molecule has 1 fully saturated rings. The molecule has 1 aromatic rings. The fourth-order valence-electron chi connectivity index (χ4n) is 2.62. The molecule has 1 aromatic heterocycles. The zero-order chi connectivity index (χ0) is 15.8. The molecule has 0 aliphatic carbocycles. The lowest BCUT2D eigenvalue weighted by molar-refractivity contribution is -0.141. The second kappa shape index (κ2) is 5.74. The van der Waals surface area contributed by atoms with Crippen LogP contribution < -0.4 is 0 Å². The third-order valence-electron chi connectivity index (χ3n) is 4.00. The summed E-state index contributed by atoms with van der Waals surface area (Å²) in [6.45, 7) is 5.48. The van der Waals surface area contributed by atoms with Gasteiger partial charge in [0.2, 0.25) is 0 Å². The Hall–Kier alpha value is -0.850. The number of alkyl halides is 3. The molecule has 118 valence electrons. The fraction of sp³-hybridized carbons (Fsp3) is 0.643. The zero-order valence-electron chi connectivity index (χ0n) is 11.9. The van der Waals surface area contributed by atoms with Crippen LogP contribution in [-0.2, 0) is 11.8 Å². The van der Waals surface area contributed by atoms with Gasteiger partial charge < -0.3 is 10.0 Å². The highest BCUT2D eigenvalue weighted by Gasteiger charge is 2.38. The smallest absolute Gasteiger partial charge is 0.385 e. The monoisotopic (exact) mass is 322 g/mol. The molecule has 7 heteroatoms. The Kier molecular flexibility index (Phi) is 4.52. The van der Waals surface area contributed by atoms with Gasteiger partial charge in [-0.25, -0.2) is 4.98 Å². The summed E-state index contributed by atoms with van der Waals surface area (Å²) in [4.78, 5) is 5.59. The van der Waals surface area contributed by atoms with Gasteiger partial charge in [-0.15, -0.1) is 0 Å². The van der Waals surface area contributed by atoms with E-state index in [9.17, 15) is 18.3 Å². The molecule has 0 spiro atoms. The molecule has 2 rings (SSSR count). The number of likely N-dealkylation sites (tertiary alicyclic amines) is 1. The van der Waals surface area contributed by atoms with Gasteiger partial charge in [-0.1, -0.05) is 17.7 Å². The summed E-state index contributed by atoms with van der Waals surface area (Å²) in [6, 6.07) is 2.48. The molecule has 0 saturated carbocycles. The van der Waals surface area contributed by atoms with Gasteiger partial charge in [-0.05, 0) is 32.8 Å². The number of aromatic nitrogens is 1. The van der Waals surface area contributed by atoms with Crippen LogP contribution in [0.25, 0.3) is 0 Å². The standard InChI is InChI=1S/C14H18ClF3N2O/c1-9(2)20-7-5-13(21,6-8-20)10-3-4-11(14(16,17)18)19-12(10)15/h3-4,9,21H,5-8H2,1-2H3. The molecule has 1 saturated heterocycles. The first-order chi connectivity index (χ1) is 9.63. The third-order valence-corrected chi connectivity index (χ3v) is 4.28. The minimum absolute atomic E-state index is 0.273. The van der Waals surface area contributed by atoms with E-state index in [1.54, 1.807) is 0 Å². The summed E-state index contributed by atoms with van der Waals surface area (Å²) in [6.07, 6.45) is -3.68. The van der Waals surface area contributed by atoms with Crippen LogP contribution in [0.5, 0.6) is 0 Å². The Morgan fingerprint density at radius 1 is 1.29 bits per heavy atom. The van der Waals surface area contributed by atoms with Crippen molar-refractivity contribution < 1.29 is 18.3 Å². The fourth-order valence-corrected chi connectivity index (χ4v) is 2.95. The van der Waals surface area contributed by atoms with Gasteiger partial charge in [0.15, 0.2) is 0 Å². The van der Waals surface area contributed by atoms with E-state index in [4.69, 9.17) is 11.6 Å². The molecular weight excluding hydrogens is 305 g/mol. The van der Waals surface area contributed by atoms with E-state index in [2.05, 4.69) is 23.7 Å². The molecule has 3 nitrogen and oxygen atoms in total. The van der Waals surface area contributed by atoms with E-state index < -0.39 is 17.5 Å². The van der Waals surface area contributed by atoms with E-state index in [0.717, 1.165) is 6.07 Å². The minimum atomic E-state index is -4.54. The summed E-state index contributed by atoms with van der Waals surface area (Å²) < 4.78 is 37.8. The number of pyridine rings is 1. The number of piperidine rings is 1. The molecule has 0 atom stereocenters.